The largest absolute Gasteiger partial charge is 0.394 e. The molecule has 3 N–H and O–H groups in total. The van der Waals surface area contributed by atoms with Gasteiger partial charge in [-0.1, -0.05) is 145 Å². The van der Waals surface area contributed by atoms with Crippen molar-refractivity contribution in [3.8, 4) is 0 Å². The topological polar surface area (TPSA) is 69.6 Å². The molecule has 0 aliphatic rings. The number of carbonyl (C=O) groups excluding carboxylic acids is 1. The van der Waals surface area contributed by atoms with Gasteiger partial charge >= 0.3 is 0 Å². The van der Waals surface area contributed by atoms with E-state index in [2.05, 4.69) is 67.8 Å². The number of aliphatic hydroxyl groups is 2. The summed E-state index contributed by atoms with van der Waals surface area (Å²) in [4.78, 5) is 12.3. The monoisotopic (exact) mass is 600 g/mol. The standard InChI is InChI=1S/C39H69NO3/c1-3-5-7-9-11-13-15-17-18-19-20-21-22-23-25-27-29-31-33-35-39(43)40-37(36-41)38(42)34-32-30-28-26-24-16-14-12-10-8-6-4-2/h10-13,17-18,24,26,32,34,37-38,41-42H,3-9,14-16,19-23,25,27-31,33,35-36H2,1-2H3,(H,40,43)/b12-10+,13-11-,18-17-,26-24+,34-32+. The summed E-state index contributed by atoms with van der Waals surface area (Å²) in [7, 11) is 0. The van der Waals surface area contributed by atoms with Gasteiger partial charge in [0.25, 0.3) is 0 Å². The maximum atomic E-state index is 12.3. The Balaban J connectivity index is 3.69. The molecule has 0 fully saturated rings. The minimum absolute atomic E-state index is 0.0878. The van der Waals surface area contributed by atoms with Crippen molar-refractivity contribution >= 4 is 5.91 Å². The number of hydrogen-bond acceptors (Lipinski definition) is 3. The molecule has 0 aromatic carbocycles. The van der Waals surface area contributed by atoms with E-state index in [0.717, 1.165) is 44.9 Å². The van der Waals surface area contributed by atoms with Gasteiger partial charge in [-0.25, -0.2) is 0 Å². The van der Waals surface area contributed by atoms with Gasteiger partial charge in [0.1, 0.15) is 0 Å². The molecule has 0 saturated heterocycles. The Morgan fingerprint density at radius 2 is 1.00 bits per heavy atom. The molecule has 0 aliphatic heterocycles. The number of carbonyl (C=O) groups is 1. The Bertz CT molecular complexity index is 737. The van der Waals surface area contributed by atoms with Crippen LogP contribution in [-0.4, -0.2) is 34.9 Å². The normalized spacial score (nSPS) is 13.9. The van der Waals surface area contributed by atoms with Crippen LogP contribution in [0.1, 0.15) is 162 Å². The molecule has 0 radical (unpaired) electrons. The number of allylic oxidation sites excluding steroid dienone is 9. The number of amides is 1. The Morgan fingerprint density at radius 3 is 1.56 bits per heavy atom. The number of aliphatic hydroxyl groups excluding tert-OH is 2. The number of hydrogen-bond donors (Lipinski definition) is 3. The first-order valence-electron chi connectivity index (χ1n) is 18.0. The van der Waals surface area contributed by atoms with E-state index in [1.165, 1.54) is 96.3 Å². The minimum atomic E-state index is -0.871. The van der Waals surface area contributed by atoms with Gasteiger partial charge in [0.05, 0.1) is 18.8 Å². The quantitative estimate of drug-likeness (QED) is 0.0548. The molecule has 0 aliphatic carbocycles. The number of unbranched alkanes of at least 4 members (excludes halogenated alkanes) is 16. The highest BCUT2D eigenvalue weighted by atomic mass is 16.3. The molecule has 0 rings (SSSR count). The second-order valence-electron chi connectivity index (χ2n) is 11.9. The van der Waals surface area contributed by atoms with E-state index in [1.54, 1.807) is 6.08 Å². The zero-order valence-corrected chi connectivity index (χ0v) is 28.2. The van der Waals surface area contributed by atoms with Crippen molar-refractivity contribution in [2.24, 2.45) is 0 Å². The van der Waals surface area contributed by atoms with Crippen LogP contribution in [0.25, 0.3) is 0 Å². The number of nitrogens with one attached hydrogen (secondary N) is 1. The van der Waals surface area contributed by atoms with Crippen LogP contribution in [0.2, 0.25) is 0 Å². The van der Waals surface area contributed by atoms with Crippen molar-refractivity contribution in [3.05, 3.63) is 60.8 Å². The summed E-state index contributed by atoms with van der Waals surface area (Å²) in [5, 5.41) is 22.8. The van der Waals surface area contributed by atoms with Crippen LogP contribution in [0.3, 0.4) is 0 Å². The predicted octanol–water partition coefficient (Wildman–Crippen LogP) is 10.6. The van der Waals surface area contributed by atoms with Crippen molar-refractivity contribution in [2.45, 2.75) is 174 Å². The highest BCUT2D eigenvalue weighted by molar-refractivity contribution is 5.76. The summed E-state index contributed by atoms with van der Waals surface area (Å²) in [5.41, 5.74) is 0. The van der Waals surface area contributed by atoms with Crippen LogP contribution in [0.4, 0.5) is 0 Å². The van der Waals surface area contributed by atoms with E-state index in [4.69, 9.17) is 0 Å². The molecule has 4 heteroatoms. The third kappa shape index (κ3) is 31.3. The zero-order chi connectivity index (χ0) is 31.5. The summed E-state index contributed by atoms with van der Waals surface area (Å²) in [6.07, 6.45) is 47.3. The van der Waals surface area contributed by atoms with E-state index < -0.39 is 12.1 Å². The van der Waals surface area contributed by atoms with Gasteiger partial charge in [-0.3, -0.25) is 4.79 Å². The molecule has 0 bridgehead atoms. The molecule has 0 aromatic rings. The van der Waals surface area contributed by atoms with Gasteiger partial charge in [-0.2, -0.15) is 0 Å². The molecule has 43 heavy (non-hydrogen) atoms. The van der Waals surface area contributed by atoms with Crippen LogP contribution in [0.5, 0.6) is 0 Å². The molecule has 2 atom stereocenters. The highest BCUT2D eigenvalue weighted by Crippen LogP contribution is 2.12. The van der Waals surface area contributed by atoms with E-state index in [-0.39, 0.29) is 12.5 Å². The lowest BCUT2D eigenvalue weighted by Crippen LogP contribution is -2.45. The van der Waals surface area contributed by atoms with Crippen LogP contribution in [0, 0.1) is 0 Å². The fourth-order valence-corrected chi connectivity index (χ4v) is 4.87. The molecule has 0 aromatic heterocycles. The summed E-state index contributed by atoms with van der Waals surface area (Å²) < 4.78 is 0. The third-order valence-corrected chi connectivity index (χ3v) is 7.70. The molecular weight excluding hydrogens is 530 g/mol. The summed E-state index contributed by atoms with van der Waals surface area (Å²) in [6.45, 7) is 4.19. The van der Waals surface area contributed by atoms with Crippen molar-refractivity contribution in [1.29, 1.82) is 0 Å². The van der Waals surface area contributed by atoms with Crippen molar-refractivity contribution in [1.82, 2.24) is 5.32 Å². The second kappa shape index (κ2) is 34.6. The van der Waals surface area contributed by atoms with E-state index >= 15 is 0 Å². The number of rotatable bonds is 31. The smallest absolute Gasteiger partial charge is 0.220 e. The lowest BCUT2D eigenvalue weighted by Gasteiger charge is -2.19. The van der Waals surface area contributed by atoms with Gasteiger partial charge in [-0.15, -0.1) is 0 Å². The van der Waals surface area contributed by atoms with Gasteiger partial charge < -0.3 is 15.5 Å². The summed E-state index contributed by atoms with van der Waals surface area (Å²) >= 11 is 0. The van der Waals surface area contributed by atoms with E-state index in [0.29, 0.717) is 6.42 Å². The Kier molecular flexibility index (Phi) is 33.0. The Labute approximate surface area is 266 Å². The average molecular weight is 600 g/mol. The first-order chi connectivity index (χ1) is 21.2. The molecule has 0 saturated carbocycles. The van der Waals surface area contributed by atoms with Crippen molar-refractivity contribution in [3.63, 3.8) is 0 Å². The fraction of sp³-hybridized carbons (Fsp3) is 0.718. The molecule has 0 heterocycles. The lowest BCUT2D eigenvalue weighted by atomic mass is 10.1. The predicted molar refractivity (Wildman–Crippen MR) is 188 cm³/mol. The van der Waals surface area contributed by atoms with Gasteiger partial charge in [0.15, 0.2) is 0 Å². The second-order valence-corrected chi connectivity index (χ2v) is 11.9. The van der Waals surface area contributed by atoms with E-state index in [9.17, 15) is 15.0 Å². The van der Waals surface area contributed by atoms with Gasteiger partial charge in [-0.05, 0) is 70.6 Å². The van der Waals surface area contributed by atoms with Crippen LogP contribution >= 0.6 is 0 Å². The summed E-state index contributed by atoms with van der Waals surface area (Å²) in [6, 6.07) is -0.647. The first kappa shape index (κ1) is 41.1. The van der Waals surface area contributed by atoms with Crippen LogP contribution in [-0.2, 0) is 4.79 Å². The lowest BCUT2D eigenvalue weighted by molar-refractivity contribution is -0.123. The van der Waals surface area contributed by atoms with E-state index in [1.807, 2.05) is 6.08 Å². The molecular formula is C39H69NO3. The molecule has 4 nitrogen and oxygen atoms in total. The van der Waals surface area contributed by atoms with Crippen LogP contribution in [0.15, 0.2) is 60.8 Å². The molecule has 2 unspecified atom stereocenters. The van der Waals surface area contributed by atoms with Gasteiger partial charge in [0, 0.05) is 6.42 Å². The minimum Gasteiger partial charge on any atom is -0.394 e. The SMILES string of the molecule is CCCC/C=C/CC/C=C/CC/C=C/C(O)C(CO)NC(=O)CCCCCCCCCCC/C=C\C/C=C\CCCCC. The fourth-order valence-electron chi connectivity index (χ4n) is 4.87. The third-order valence-electron chi connectivity index (χ3n) is 7.70. The first-order valence-corrected chi connectivity index (χ1v) is 18.0. The molecule has 0 spiro atoms. The molecule has 248 valence electrons. The molecule has 1 amide bonds. The maximum Gasteiger partial charge on any atom is 0.220 e. The Hall–Kier alpha value is -1.91. The Morgan fingerprint density at radius 1 is 0.558 bits per heavy atom. The van der Waals surface area contributed by atoms with Gasteiger partial charge in [0.2, 0.25) is 5.91 Å². The average Bonchev–Trinajstić information content (AvgIpc) is 3.01. The van der Waals surface area contributed by atoms with Crippen molar-refractivity contribution in [2.75, 3.05) is 6.61 Å². The highest BCUT2D eigenvalue weighted by Gasteiger charge is 2.17. The zero-order valence-electron chi connectivity index (χ0n) is 28.2. The maximum absolute atomic E-state index is 12.3. The van der Waals surface area contributed by atoms with Crippen LogP contribution < -0.4 is 5.32 Å². The van der Waals surface area contributed by atoms with Crippen molar-refractivity contribution < 1.29 is 15.0 Å². The summed E-state index contributed by atoms with van der Waals surface area (Å²) in [5.74, 6) is -0.0878.